The second-order valence-electron chi connectivity index (χ2n) is 3.83. The van der Waals surface area contributed by atoms with E-state index in [1.807, 2.05) is 0 Å². The van der Waals surface area contributed by atoms with Crippen LogP contribution in [0.15, 0.2) is 36.4 Å². The van der Waals surface area contributed by atoms with Crippen LogP contribution in [0.25, 0.3) is 0 Å². The van der Waals surface area contributed by atoms with Crippen LogP contribution in [-0.4, -0.2) is 5.91 Å². The van der Waals surface area contributed by atoms with Crippen molar-refractivity contribution in [2.45, 2.75) is 0 Å². The van der Waals surface area contributed by atoms with Gasteiger partial charge in [0.2, 0.25) is 0 Å². The summed E-state index contributed by atoms with van der Waals surface area (Å²) in [5.41, 5.74) is -0.397. The van der Waals surface area contributed by atoms with Crippen molar-refractivity contribution in [1.29, 1.82) is 5.26 Å². The zero-order valence-corrected chi connectivity index (χ0v) is 10.7. The van der Waals surface area contributed by atoms with E-state index in [2.05, 4.69) is 5.32 Å². The van der Waals surface area contributed by atoms with E-state index in [0.29, 0.717) is 0 Å². The van der Waals surface area contributed by atoms with Crippen molar-refractivity contribution >= 4 is 23.2 Å². The highest BCUT2D eigenvalue weighted by atomic mass is 35.5. The van der Waals surface area contributed by atoms with Crippen LogP contribution < -0.4 is 5.32 Å². The summed E-state index contributed by atoms with van der Waals surface area (Å²) in [5, 5.41) is 10.9. The zero-order valence-electron chi connectivity index (χ0n) is 9.95. The third kappa shape index (κ3) is 2.60. The van der Waals surface area contributed by atoms with Crippen LogP contribution >= 0.6 is 11.6 Å². The SMILES string of the molecule is N#Cc1c(F)cccc1NC(=O)c1cccc(F)c1Cl. The van der Waals surface area contributed by atoms with Gasteiger partial charge in [-0.25, -0.2) is 8.78 Å². The minimum atomic E-state index is -0.754. The fraction of sp³-hybridized carbons (Fsp3) is 0. The molecular weight excluding hydrogens is 286 g/mol. The monoisotopic (exact) mass is 292 g/mol. The second-order valence-corrected chi connectivity index (χ2v) is 4.21. The maximum Gasteiger partial charge on any atom is 0.257 e. The maximum atomic E-state index is 13.4. The number of halogens is 3. The summed E-state index contributed by atoms with van der Waals surface area (Å²) >= 11 is 5.68. The summed E-state index contributed by atoms with van der Waals surface area (Å²) in [6.45, 7) is 0. The predicted octanol–water partition coefficient (Wildman–Crippen LogP) is 3.74. The smallest absolute Gasteiger partial charge is 0.257 e. The van der Waals surface area contributed by atoms with Crippen LogP contribution in [0.4, 0.5) is 14.5 Å². The molecule has 0 aliphatic rings. The number of nitriles is 1. The van der Waals surface area contributed by atoms with E-state index in [0.717, 1.165) is 12.1 Å². The predicted molar refractivity (Wildman–Crippen MR) is 70.5 cm³/mol. The van der Waals surface area contributed by atoms with Gasteiger partial charge in [0.05, 0.1) is 16.3 Å². The molecule has 0 heterocycles. The van der Waals surface area contributed by atoms with Gasteiger partial charge in [-0.1, -0.05) is 23.7 Å². The fourth-order valence-corrected chi connectivity index (χ4v) is 1.82. The number of carbonyl (C=O) groups excluding carboxylic acids is 1. The van der Waals surface area contributed by atoms with Crippen molar-refractivity contribution in [2.24, 2.45) is 0 Å². The van der Waals surface area contributed by atoms with E-state index in [9.17, 15) is 13.6 Å². The van der Waals surface area contributed by atoms with E-state index in [1.165, 1.54) is 24.3 Å². The van der Waals surface area contributed by atoms with E-state index in [1.54, 1.807) is 6.07 Å². The van der Waals surface area contributed by atoms with Gasteiger partial charge in [0.1, 0.15) is 23.3 Å². The topological polar surface area (TPSA) is 52.9 Å². The van der Waals surface area contributed by atoms with Gasteiger partial charge in [0.15, 0.2) is 0 Å². The van der Waals surface area contributed by atoms with Gasteiger partial charge in [-0.3, -0.25) is 4.79 Å². The Hall–Kier alpha value is -2.45. The lowest BCUT2D eigenvalue weighted by Crippen LogP contribution is -2.14. The number of hydrogen-bond donors (Lipinski definition) is 1. The summed E-state index contributed by atoms with van der Waals surface area (Å²) in [4.78, 5) is 12.0. The Kier molecular flexibility index (Phi) is 3.97. The summed E-state index contributed by atoms with van der Waals surface area (Å²) in [6, 6.07) is 9.23. The van der Waals surface area contributed by atoms with Gasteiger partial charge < -0.3 is 5.32 Å². The molecule has 0 aliphatic carbocycles. The molecule has 0 aromatic heterocycles. The molecule has 6 heteroatoms. The van der Waals surface area contributed by atoms with Gasteiger partial charge in [-0.05, 0) is 24.3 Å². The van der Waals surface area contributed by atoms with Crippen LogP contribution in [0.2, 0.25) is 5.02 Å². The molecule has 100 valence electrons. The normalized spacial score (nSPS) is 9.90. The van der Waals surface area contributed by atoms with Crippen molar-refractivity contribution in [3.63, 3.8) is 0 Å². The Balaban J connectivity index is 2.36. The molecule has 0 unspecified atom stereocenters. The molecule has 2 rings (SSSR count). The van der Waals surface area contributed by atoms with Crippen molar-refractivity contribution < 1.29 is 13.6 Å². The minimum Gasteiger partial charge on any atom is -0.321 e. The van der Waals surface area contributed by atoms with Gasteiger partial charge in [0, 0.05) is 0 Å². The summed E-state index contributed by atoms with van der Waals surface area (Å²) in [5.74, 6) is -2.22. The molecule has 2 aromatic carbocycles. The molecule has 0 atom stereocenters. The Morgan fingerprint density at radius 3 is 2.50 bits per heavy atom. The third-order valence-corrected chi connectivity index (χ3v) is 2.95. The molecule has 0 bridgehead atoms. The van der Waals surface area contributed by atoms with E-state index in [-0.39, 0.29) is 21.8 Å². The van der Waals surface area contributed by atoms with Crippen LogP contribution in [0.1, 0.15) is 15.9 Å². The van der Waals surface area contributed by atoms with E-state index >= 15 is 0 Å². The van der Waals surface area contributed by atoms with Gasteiger partial charge >= 0.3 is 0 Å². The molecule has 2 aromatic rings. The summed E-state index contributed by atoms with van der Waals surface area (Å²) in [6.07, 6.45) is 0. The molecule has 0 radical (unpaired) electrons. The maximum absolute atomic E-state index is 13.4. The summed E-state index contributed by atoms with van der Waals surface area (Å²) in [7, 11) is 0. The number of carbonyl (C=O) groups is 1. The number of nitrogens with zero attached hydrogens (tertiary/aromatic N) is 1. The number of rotatable bonds is 2. The standard InChI is InChI=1S/C14H7ClF2N2O/c15-13-8(3-1-5-11(13)17)14(20)19-12-6-2-4-10(16)9(12)7-18/h1-6H,(H,19,20). The Labute approximate surface area is 118 Å². The molecular formula is C14H7ClF2N2O. The molecule has 0 aliphatic heterocycles. The highest BCUT2D eigenvalue weighted by Crippen LogP contribution is 2.23. The number of hydrogen-bond acceptors (Lipinski definition) is 2. The first-order valence-electron chi connectivity index (χ1n) is 5.48. The Bertz CT molecular complexity index is 726. The van der Waals surface area contributed by atoms with E-state index < -0.39 is 17.5 Å². The average molecular weight is 293 g/mol. The van der Waals surface area contributed by atoms with Crippen molar-refractivity contribution in [3.05, 3.63) is 64.2 Å². The quantitative estimate of drug-likeness (QED) is 0.916. The first kappa shape index (κ1) is 14.0. The second kappa shape index (κ2) is 5.68. The van der Waals surface area contributed by atoms with Crippen molar-refractivity contribution in [2.75, 3.05) is 5.32 Å². The highest BCUT2D eigenvalue weighted by molar-refractivity contribution is 6.34. The lowest BCUT2D eigenvalue weighted by atomic mass is 10.1. The first-order chi connectivity index (χ1) is 9.54. The largest absolute Gasteiger partial charge is 0.321 e. The molecule has 0 fully saturated rings. The van der Waals surface area contributed by atoms with Crippen LogP contribution in [0, 0.1) is 23.0 Å². The number of benzene rings is 2. The van der Waals surface area contributed by atoms with Gasteiger partial charge in [-0.2, -0.15) is 5.26 Å². The molecule has 1 N–H and O–H groups in total. The van der Waals surface area contributed by atoms with Crippen LogP contribution in [-0.2, 0) is 0 Å². The first-order valence-corrected chi connectivity index (χ1v) is 5.86. The molecule has 1 amide bonds. The number of nitrogens with one attached hydrogen (secondary N) is 1. The van der Waals surface area contributed by atoms with Crippen molar-refractivity contribution in [1.82, 2.24) is 0 Å². The molecule has 0 spiro atoms. The highest BCUT2D eigenvalue weighted by Gasteiger charge is 2.16. The van der Waals surface area contributed by atoms with Gasteiger partial charge in [-0.15, -0.1) is 0 Å². The van der Waals surface area contributed by atoms with Crippen LogP contribution in [0.5, 0.6) is 0 Å². The lowest BCUT2D eigenvalue weighted by molar-refractivity contribution is 0.102. The Morgan fingerprint density at radius 2 is 1.80 bits per heavy atom. The summed E-state index contributed by atoms with van der Waals surface area (Å²) < 4.78 is 26.7. The van der Waals surface area contributed by atoms with Crippen LogP contribution in [0.3, 0.4) is 0 Å². The Morgan fingerprint density at radius 1 is 1.15 bits per heavy atom. The van der Waals surface area contributed by atoms with Crippen molar-refractivity contribution in [3.8, 4) is 6.07 Å². The average Bonchev–Trinajstić information content (AvgIpc) is 2.42. The lowest BCUT2D eigenvalue weighted by Gasteiger charge is -2.08. The van der Waals surface area contributed by atoms with Gasteiger partial charge in [0.25, 0.3) is 5.91 Å². The molecule has 0 saturated heterocycles. The number of anilines is 1. The fourth-order valence-electron chi connectivity index (χ4n) is 1.61. The minimum absolute atomic E-state index is 0.00201. The molecule has 20 heavy (non-hydrogen) atoms. The third-order valence-electron chi connectivity index (χ3n) is 2.57. The molecule has 0 saturated carbocycles. The van der Waals surface area contributed by atoms with E-state index in [4.69, 9.17) is 16.9 Å². The zero-order chi connectivity index (χ0) is 14.7. The number of amides is 1. The molecule has 3 nitrogen and oxygen atoms in total.